The molecule has 0 spiro atoms. The number of thioether (sulfide) groups is 1. The first-order valence-corrected chi connectivity index (χ1v) is 11.7. The molecular weight excluding hydrogens is 426 g/mol. The number of hydrogen-bond acceptors (Lipinski definition) is 5. The minimum absolute atomic E-state index is 0.229. The molecule has 5 nitrogen and oxygen atoms in total. The van der Waals surface area contributed by atoms with Gasteiger partial charge in [-0.15, -0.1) is 0 Å². The van der Waals surface area contributed by atoms with E-state index >= 15 is 0 Å². The van der Waals surface area contributed by atoms with Crippen molar-refractivity contribution in [1.29, 1.82) is 0 Å². The van der Waals surface area contributed by atoms with E-state index in [0.717, 1.165) is 5.46 Å². The van der Waals surface area contributed by atoms with Crippen LogP contribution in [0.1, 0.15) is 57.0 Å². The van der Waals surface area contributed by atoms with Gasteiger partial charge >= 0.3 is 7.12 Å². The van der Waals surface area contributed by atoms with Crippen molar-refractivity contribution in [3.05, 3.63) is 65.5 Å². The molecule has 0 bridgehead atoms. The molecular formula is C24H28BFN2O3S. The van der Waals surface area contributed by atoms with E-state index in [1.54, 1.807) is 24.3 Å². The molecule has 2 aromatic carbocycles. The number of rotatable bonds is 3. The summed E-state index contributed by atoms with van der Waals surface area (Å²) < 4.78 is 27.3. The smallest absolute Gasteiger partial charge is 0.399 e. The van der Waals surface area contributed by atoms with Crippen molar-refractivity contribution in [3.63, 3.8) is 0 Å². The van der Waals surface area contributed by atoms with Crippen molar-refractivity contribution in [2.75, 3.05) is 5.75 Å². The Morgan fingerprint density at radius 2 is 1.72 bits per heavy atom. The van der Waals surface area contributed by atoms with E-state index in [9.17, 15) is 9.18 Å². The normalized spacial score (nSPS) is 24.2. The highest BCUT2D eigenvalue weighted by molar-refractivity contribution is 8.13. The van der Waals surface area contributed by atoms with Gasteiger partial charge in [0.05, 0.1) is 16.7 Å². The van der Waals surface area contributed by atoms with Crippen molar-refractivity contribution < 1.29 is 18.5 Å². The first-order valence-electron chi connectivity index (χ1n) is 10.8. The van der Waals surface area contributed by atoms with Crippen LogP contribution in [0.3, 0.4) is 0 Å². The third-order valence-electron chi connectivity index (χ3n) is 6.53. The summed E-state index contributed by atoms with van der Waals surface area (Å²) in [5, 5.41) is 3.37. The average Bonchev–Trinajstić information content (AvgIpc) is 2.96. The van der Waals surface area contributed by atoms with Gasteiger partial charge in [0.1, 0.15) is 5.82 Å². The summed E-state index contributed by atoms with van der Waals surface area (Å²) in [6, 6.07) is 13.9. The third-order valence-corrected chi connectivity index (χ3v) is 7.40. The molecule has 0 aromatic heterocycles. The number of benzene rings is 2. The predicted octanol–water partition coefficient (Wildman–Crippen LogP) is 4.26. The van der Waals surface area contributed by atoms with Gasteiger partial charge in [0.2, 0.25) is 0 Å². The standard InChI is InChI=1S/C24H28BFN2O3S/c1-22(2)23(3,4)31-25(30-22)17-11-12-19(26)18(15-17)24(5)13-14-32-21(28-24)27-20(29)16-9-7-6-8-10-16/h6-12,15H,13-14H2,1-5H3,(H,27,28,29)/t24-/m0/s1. The quantitative estimate of drug-likeness (QED) is 0.705. The van der Waals surface area contributed by atoms with Gasteiger partial charge < -0.3 is 14.6 Å². The third kappa shape index (κ3) is 4.36. The van der Waals surface area contributed by atoms with Crippen LogP contribution >= 0.6 is 11.8 Å². The van der Waals surface area contributed by atoms with E-state index in [4.69, 9.17) is 14.3 Å². The molecule has 1 atom stereocenters. The number of carbonyl (C=O) groups excluding carboxylic acids is 1. The SMILES string of the molecule is CC1(C)OB(c2ccc(F)c([C@]3(C)CCSC(NC(=O)c4ccccc4)=N3)c2)OC1(C)C. The van der Waals surface area contributed by atoms with Crippen LogP contribution in [0.25, 0.3) is 0 Å². The number of amides is 1. The monoisotopic (exact) mass is 454 g/mol. The Morgan fingerprint density at radius 3 is 2.38 bits per heavy atom. The van der Waals surface area contributed by atoms with Gasteiger partial charge in [0.15, 0.2) is 5.17 Å². The van der Waals surface area contributed by atoms with E-state index in [1.807, 2.05) is 52.8 Å². The van der Waals surface area contributed by atoms with Gasteiger partial charge in [-0.3, -0.25) is 9.79 Å². The summed E-state index contributed by atoms with van der Waals surface area (Å²) in [6.07, 6.45) is 0.645. The van der Waals surface area contributed by atoms with Gasteiger partial charge in [-0.1, -0.05) is 42.1 Å². The number of nitrogens with zero attached hydrogens (tertiary/aromatic N) is 1. The van der Waals surface area contributed by atoms with E-state index < -0.39 is 23.9 Å². The first-order chi connectivity index (χ1) is 15.0. The highest BCUT2D eigenvalue weighted by atomic mass is 32.2. The Hall–Kier alpha value is -2.16. The molecule has 1 saturated heterocycles. The van der Waals surface area contributed by atoms with Crippen LogP contribution in [0.2, 0.25) is 0 Å². The van der Waals surface area contributed by atoms with E-state index in [-0.39, 0.29) is 11.7 Å². The average molecular weight is 454 g/mol. The zero-order valence-electron chi connectivity index (χ0n) is 19.1. The lowest BCUT2D eigenvalue weighted by Crippen LogP contribution is -2.41. The molecule has 0 saturated carbocycles. The second-order valence-corrected chi connectivity index (χ2v) is 10.5. The van der Waals surface area contributed by atoms with Gasteiger partial charge in [-0.05, 0) is 64.7 Å². The first kappa shape index (κ1) is 23.0. The summed E-state index contributed by atoms with van der Waals surface area (Å²) in [4.78, 5) is 17.3. The maximum absolute atomic E-state index is 15.0. The fourth-order valence-corrected chi connectivity index (χ4v) is 4.88. The van der Waals surface area contributed by atoms with Gasteiger partial charge in [-0.25, -0.2) is 4.39 Å². The second kappa shape index (κ2) is 8.32. The van der Waals surface area contributed by atoms with Crippen molar-refractivity contribution >= 4 is 35.4 Å². The zero-order valence-corrected chi connectivity index (χ0v) is 19.9. The predicted molar refractivity (Wildman–Crippen MR) is 128 cm³/mol. The summed E-state index contributed by atoms with van der Waals surface area (Å²) in [5.74, 6) is 0.148. The topological polar surface area (TPSA) is 59.9 Å². The van der Waals surface area contributed by atoms with Crippen LogP contribution in [0.4, 0.5) is 4.39 Å². The molecule has 1 N–H and O–H groups in total. The zero-order chi connectivity index (χ0) is 23.1. The fourth-order valence-electron chi connectivity index (χ4n) is 3.76. The molecule has 1 fully saturated rings. The van der Waals surface area contributed by atoms with Crippen LogP contribution in [-0.4, -0.2) is 35.1 Å². The molecule has 2 aliphatic rings. The Balaban J connectivity index is 1.61. The molecule has 0 aliphatic carbocycles. The highest BCUT2D eigenvalue weighted by Crippen LogP contribution is 2.39. The fraction of sp³-hybridized carbons (Fsp3) is 0.417. The molecule has 2 aromatic rings. The van der Waals surface area contributed by atoms with Crippen molar-refractivity contribution in [2.24, 2.45) is 4.99 Å². The lowest BCUT2D eigenvalue weighted by atomic mass is 9.76. The number of amidine groups is 1. The van der Waals surface area contributed by atoms with Crippen LogP contribution in [0.15, 0.2) is 53.5 Å². The van der Waals surface area contributed by atoms with Crippen LogP contribution < -0.4 is 10.8 Å². The number of nitrogens with one attached hydrogen (secondary N) is 1. The molecule has 168 valence electrons. The maximum Gasteiger partial charge on any atom is 0.494 e. The molecule has 2 aliphatic heterocycles. The van der Waals surface area contributed by atoms with Crippen LogP contribution in [-0.2, 0) is 14.8 Å². The number of aliphatic imine (C=N–C) groups is 1. The summed E-state index contributed by atoms with van der Waals surface area (Å²) in [7, 11) is -0.581. The Morgan fingerprint density at radius 1 is 1.06 bits per heavy atom. The maximum atomic E-state index is 15.0. The van der Waals surface area contributed by atoms with Gasteiger partial charge in [-0.2, -0.15) is 0 Å². The molecule has 2 heterocycles. The lowest BCUT2D eigenvalue weighted by Gasteiger charge is -2.32. The van der Waals surface area contributed by atoms with E-state index in [1.165, 1.54) is 17.8 Å². The minimum atomic E-state index is -0.811. The van der Waals surface area contributed by atoms with E-state index in [0.29, 0.717) is 28.5 Å². The van der Waals surface area contributed by atoms with Gasteiger partial charge in [0, 0.05) is 16.9 Å². The largest absolute Gasteiger partial charge is 0.494 e. The Kier molecular flexibility index (Phi) is 5.99. The molecule has 0 unspecified atom stereocenters. The van der Waals surface area contributed by atoms with E-state index in [2.05, 4.69) is 5.32 Å². The number of carbonyl (C=O) groups is 1. The van der Waals surface area contributed by atoms with Crippen LogP contribution in [0.5, 0.6) is 0 Å². The second-order valence-electron chi connectivity index (χ2n) is 9.44. The number of halogens is 1. The van der Waals surface area contributed by atoms with Crippen molar-refractivity contribution in [3.8, 4) is 0 Å². The molecule has 8 heteroatoms. The summed E-state index contributed by atoms with van der Waals surface area (Å²) in [5.41, 5.74) is 0.00174. The molecule has 1 amide bonds. The lowest BCUT2D eigenvalue weighted by molar-refractivity contribution is 0.00578. The molecule has 4 rings (SSSR count). The minimum Gasteiger partial charge on any atom is -0.399 e. The Labute approximate surface area is 193 Å². The Bertz CT molecular complexity index is 1040. The summed E-state index contributed by atoms with van der Waals surface area (Å²) >= 11 is 1.46. The summed E-state index contributed by atoms with van der Waals surface area (Å²) in [6.45, 7) is 9.85. The number of hydrogen-bond donors (Lipinski definition) is 1. The molecule has 0 radical (unpaired) electrons. The highest BCUT2D eigenvalue weighted by Gasteiger charge is 2.52. The van der Waals surface area contributed by atoms with Crippen LogP contribution in [0, 0.1) is 5.82 Å². The van der Waals surface area contributed by atoms with Crippen molar-refractivity contribution in [2.45, 2.75) is 57.8 Å². The van der Waals surface area contributed by atoms with Crippen molar-refractivity contribution in [1.82, 2.24) is 5.32 Å². The van der Waals surface area contributed by atoms with Gasteiger partial charge in [0.25, 0.3) is 5.91 Å². The molecule has 32 heavy (non-hydrogen) atoms.